The molecule has 46 heavy (non-hydrogen) atoms. The Kier molecular flexibility index (Phi) is 7.62. The Morgan fingerprint density at radius 3 is 2.57 bits per heavy atom. The molecule has 0 spiro atoms. The molecule has 2 saturated carbocycles. The average molecular weight is 626 g/mol. The van der Waals surface area contributed by atoms with Gasteiger partial charge in [0.15, 0.2) is 11.5 Å². The largest absolute Gasteiger partial charge is 0.354 e. The molecule has 6 heterocycles. The van der Waals surface area contributed by atoms with Gasteiger partial charge in [-0.05, 0) is 68.7 Å². The van der Waals surface area contributed by atoms with Gasteiger partial charge in [0, 0.05) is 62.5 Å². The highest BCUT2D eigenvalue weighted by Crippen LogP contribution is 2.51. The first-order chi connectivity index (χ1) is 22.4. The molecular formula is C34H43N9O3. The number of nitrogens with one attached hydrogen (secondary N) is 2. The van der Waals surface area contributed by atoms with Gasteiger partial charge in [-0.3, -0.25) is 24.5 Å². The summed E-state index contributed by atoms with van der Waals surface area (Å²) in [4.78, 5) is 43.6. The Labute approximate surface area is 268 Å². The first kappa shape index (κ1) is 29.3. The van der Waals surface area contributed by atoms with Crippen molar-refractivity contribution >= 4 is 40.3 Å². The van der Waals surface area contributed by atoms with Gasteiger partial charge in [-0.2, -0.15) is 5.10 Å². The minimum Gasteiger partial charge on any atom is -0.354 e. The summed E-state index contributed by atoms with van der Waals surface area (Å²) in [5.74, 6) is 1.22. The van der Waals surface area contributed by atoms with E-state index >= 15 is 0 Å². The average Bonchev–Trinajstić information content (AvgIpc) is 3.50. The minimum atomic E-state index is -0.370. The van der Waals surface area contributed by atoms with Crippen LogP contribution in [0.25, 0.3) is 10.9 Å². The molecule has 2 bridgehead atoms. The fourth-order valence-corrected chi connectivity index (χ4v) is 8.85. The summed E-state index contributed by atoms with van der Waals surface area (Å²) in [5.41, 5.74) is 2.51. The van der Waals surface area contributed by atoms with Gasteiger partial charge < -0.3 is 15.1 Å². The number of anilines is 2. The fourth-order valence-electron chi connectivity index (χ4n) is 8.85. The quantitative estimate of drug-likeness (QED) is 0.405. The molecule has 6 fully saturated rings. The van der Waals surface area contributed by atoms with Crippen LogP contribution >= 0.6 is 0 Å². The van der Waals surface area contributed by atoms with Crippen molar-refractivity contribution in [3.8, 4) is 0 Å². The van der Waals surface area contributed by atoms with E-state index in [1.54, 1.807) is 4.90 Å². The molecule has 1 aromatic carbocycles. The predicted octanol–water partition coefficient (Wildman–Crippen LogP) is 3.89. The number of urea groups is 1. The van der Waals surface area contributed by atoms with Crippen LogP contribution in [-0.4, -0.2) is 88.0 Å². The van der Waals surface area contributed by atoms with Crippen LogP contribution in [-0.2, 0) is 4.79 Å². The van der Waals surface area contributed by atoms with E-state index in [-0.39, 0.29) is 29.3 Å². The number of nitrogens with zero attached hydrogens (tertiary/aromatic N) is 7. The first-order valence-corrected chi connectivity index (χ1v) is 17.1. The number of benzene rings is 1. The number of hydrogen-bond donors (Lipinski definition) is 2. The molecule has 4 aliphatic heterocycles. The maximum Gasteiger partial charge on any atom is 0.328 e. The second kappa shape index (κ2) is 11.9. The summed E-state index contributed by atoms with van der Waals surface area (Å²) in [5, 5.41) is 20.2. The SMILES string of the molecule is O=C1CCN(c2cccc3c2cnn3C2CCN(CC34CC(CN(c5ccc(C(=O)NC6CCCCC6)nn5)C3)C4)CC2)C(=O)N1. The number of piperidine rings is 3. The summed E-state index contributed by atoms with van der Waals surface area (Å²) in [6.45, 7) is 5.51. The maximum absolute atomic E-state index is 12.7. The molecular weight excluding hydrogens is 582 g/mol. The lowest BCUT2D eigenvalue weighted by Gasteiger charge is -2.58. The van der Waals surface area contributed by atoms with Gasteiger partial charge in [-0.25, -0.2) is 4.79 Å². The van der Waals surface area contributed by atoms with Crippen LogP contribution in [0.2, 0.25) is 0 Å². The molecule has 0 atom stereocenters. The van der Waals surface area contributed by atoms with Crippen molar-refractivity contribution in [1.82, 2.24) is 35.5 Å². The molecule has 3 aromatic rings. The van der Waals surface area contributed by atoms with Crippen molar-refractivity contribution in [2.24, 2.45) is 11.3 Å². The van der Waals surface area contributed by atoms with Crippen molar-refractivity contribution in [2.45, 2.75) is 76.3 Å². The van der Waals surface area contributed by atoms with Crippen molar-refractivity contribution in [3.05, 3.63) is 42.2 Å². The predicted molar refractivity (Wildman–Crippen MR) is 174 cm³/mol. The van der Waals surface area contributed by atoms with Gasteiger partial charge in [0.25, 0.3) is 5.91 Å². The molecule has 242 valence electrons. The minimum absolute atomic E-state index is 0.108. The van der Waals surface area contributed by atoms with Crippen LogP contribution < -0.4 is 20.4 Å². The number of aromatic nitrogens is 4. The van der Waals surface area contributed by atoms with E-state index in [0.717, 1.165) is 80.8 Å². The molecule has 9 rings (SSSR count). The van der Waals surface area contributed by atoms with Crippen LogP contribution in [0.4, 0.5) is 16.3 Å². The van der Waals surface area contributed by atoms with E-state index in [1.165, 1.54) is 32.1 Å². The number of carbonyl (C=O) groups is 3. The molecule has 12 heteroatoms. The molecule has 0 radical (unpaired) electrons. The van der Waals surface area contributed by atoms with E-state index in [9.17, 15) is 14.4 Å². The lowest BCUT2D eigenvalue weighted by molar-refractivity contribution is -0.120. The number of rotatable bonds is 7. The highest BCUT2D eigenvalue weighted by molar-refractivity contribution is 6.09. The third-order valence-corrected chi connectivity index (χ3v) is 11.0. The number of hydrogen-bond acceptors (Lipinski definition) is 8. The van der Waals surface area contributed by atoms with Gasteiger partial charge in [-0.1, -0.05) is 25.3 Å². The van der Waals surface area contributed by atoms with Crippen molar-refractivity contribution < 1.29 is 14.4 Å². The zero-order valence-corrected chi connectivity index (χ0v) is 26.4. The lowest BCUT2D eigenvalue weighted by Crippen LogP contribution is -2.61. The van der Waals surface area contributed by atoms with E-state index in [0.29, 0.717) is 30.6 Å². The third-order valence-electron chi connectivity index (χ3n) is 11.0. The van der Waals surface area contributed by atoms with Crippen LogP contribution in [0.3, 0.4) is 0 Å². The van der Waals surface area contributed by atoms with Crippen LogP contribution in [0.15, 0.2) is 36.5 Å². The highest BCUT2D eigenvalue weighted by atomic mass is 16.2. The normalized spacial score (nSPS) is 26.2. The van der Waals surface area contributed by atoms with E-state index < -0.39 is 0 Å². The van der Waals surface area contributed by atoms with Crippen LogP contribution in [0.5, 0.6) is 0 Å². The van der Waals surface area contributed by atoms with Crippen LogP contribution in [0.1, 0.15) is 80.7 Å². The number of carbonyl (C=O) groups excluding carboxylic acids is 3. The number of likely N-dealkylation sites (tertiary alicyclic amines) is 1. The Hall–Kier alpha value is -4.06. The number of amides is 4. The molecule has 2 aromatic heterocycles. The van der Waals surface area contributed by atoms with E-state index in [4.69, 9.17) is 5.10 Å². The monoisotopic (exact) mass is 625 g/mol. The van der Waals surface area contributed by atoms with E-state index in [2.05, 4.69) is 41.4 Å². The second-order valence-corrected chi connectivity index (χ2v) is 14.3. The van der Waals surface area contributed by atoms with Gasteiger partial charge in [-0.15, -0.1) is 10.2 Å². The van der Waals surface area contributed by atoms with Gasteiger partial charge in [0.05, 0.1) is 23.4 Å². The summed E-state index contributed by atoms with van der Waals surface area (Å²) in [7, 11) is 0. The van der Waals surface area contributed by atoms with Crippen molar-refractivity contribution in [3.63, 3.8) is 0 Å². The standard InChI is InChI=1S/C34H43N9O3/c44-31-13-16-42(33(46)37-31)28-7-4-8-29-26(28)19-35-43(29)25-11-14-40(15-12-25)21-34-17-23(18-34)20-41(22-34)30-10-9-27(38-39-30)32(45)36-24-5-2-1-3-6-24/h4,7-10,19,23-25H,1-3,5-6,11-18,20-22H2,(H,36,45)(H,37,44,46). The Morgan fingerprint density at radius 1 is 0.978 bits per heavy atom. The molecule has 4 amide bonds. The zero-order chi connectivity index (χ0) is 31.3. The second-order valence-electron chi connectivity index (χ2n) is 14.3. The summed E-state index contributed by atoms with van der Waals surface area (Å²) in [6, 6.07) is 9.99. The molecule has 2 aliphatic carbocycles. The highest BCUT2D eigenvalue weighted by Gasteiger charge is 2.51. The summed E-state index contributed by atoms with van der Waals surface area (Å²) < 4.78 is 2.14. The van der Waals surface area contributed by atoms with E-state index in [1.807, 2.05) is 30.5 Å². The van der Waals surface area contributed by atoms with Crippen molar-refractivity contribution in [1.29, 1.82) is 0 Å². The zero-order valence-electron chi connectivity index (χ0n) is 26.4. The van der Waals surface area contributed by atoms with Crippen molar-refractivity contribution in [2.75, 3.05) is 49.1 Å². The smallest absolute Gasteiger partial charge is 0.328 e. The molecule has 4 saturated heterocycles. The third kappa shape index (κ3) is 5.61. The Balaban J connectivity index is 0.875. The van der Waals surface area contributed by atoms with Gasteiger partial charge in [0.2, 0.25) is 5.91 Å². The molecule has 2 N–H and O–H groups in total. The fraction of sp³-hybridized carbons (Fsp3) is 0.588. The topological polar surface area (TPSA) is 129 Å². The molecule has 12 nitrogen and oxygen atoms in total. The Bertz CT molecular complexity index is 1620. The summed E-state index contributed by atoms with van der Waals surface area (Å²) >= 11 is 0. The van der Waals surface area contributed by atoms with Gasteiger partial charge in [0.1, 0.15) is 0 Å². The van der Waals surface area contributed by atoms with Gasteiger partial charge >= 0.3 is 6.03 Å². The maximum atomic E-state index is 12.7. The molecule has 6 aliphatic rings. The molecule has 0 unspecified atom stereocenters. The van der Waals surface area contributed by atoms with Crippen LogP contribution in [0, 0.1) is 11.3 Å². The summed E-state index contributed by atoms with van der Waals surface area (Å²) in [6.07, 6.45) is 12.5. The number of imide groups is 1. The first-order valence-electron chi connectivity index (χ1n) is 17.1. The Morgan fingerprint density at radius 2 is 1.80 bits per heavy atom. The number of fused-ring (bicyclic) bond motifs is 3. The lowest BCUT2D eigenvalue weighted by atomic mass is 9.58.